The van der Waals surface area contributed by atoms with Gasteiger partial charge in [-0.15, -0.1) is 0 Å². The number of aromatic nitrogens is 2. The fraction of sp³-hybridized carbons (Fsp3) is 0.545. The standard InChI is InChI=1S/C11H17N5O2/c1-6(10(17)14-7-3-4-7)13-8-5-9(18-2)16-11(12)15-8/h5-7H,3-4H2,1-2H3,(H,14,17)(H3,12,13,15,16). The van der Waals surface area contributed by atoms with E-state index in [-0.39, 0.29) is 17.9 Å². The van der Waals surface area contributed by atoms with Crippen LogP contribution in [0.25, 0.3) is 0 Å². The Bertz CT molecular complexity index is 447. The lowest BCUT2D eigenvalue weighted by Crippen LogP contribution is -2.38. The topological polar surface area (TPSA) is 102 Å². The molecule has 1 aliphatic rings. The monoisotopic (exact) mass is 251 g/mol. The number of nitrogens with zero attached hydrogens (tertiary/aromatic N) is 2. The number of carbonyl (C=O) groups excluding carboxylic acids is 1. The fourth-order valence-electron chi connectivity index (χ4n) is 1.46. The van der Waals surface area contributed by atoms with Crippen molar-refractivity contribution in [2.24, 2.45) is 0 Å². The Morgan fingerprint density at radius 2 is 2.28 bits per heavy atom. The Morgan fingerprint density at radius 1 is 1.56 bits per heavy atom. The van der Waals surface area contributed by atoms with Gasteiger partial charge in [0.2, 0.25) is 17.7 Å². The highest BCUT2D eigenvalue weighted by Crippen LogP contribution is 2.19. The molecule has 0 aromatic carbocycles. The molecule has 1 atom stereocenters. The van der Waals surface area contributed by atoms with Gasteiger partial charge in [0.1, 0.15) is 11.9 Å². The Kier molecular flexibility index (Phi) is 3.50. The molecular weight excluding hydrogens is 234 g/mol. The number of nitrogens with one attached hydrogen (secondary N) is 2. The maximum atomic E-state index is 11.8. The van der Waals surface area contributed by atoms with Crippen LogP contribution in [0.3, 0.4) is 0 Å². The van der Waals surface area contributed by atoms with Crippen molar-refractivity contribution in [3.63, 3.8) is 0 Å². The minimum Gasteiger partial charge on any atom is -0.481 e. The van der Waals surface area contributed by atoms with Crippen LogP contribution in [-0.4, -0.2) is 35.1 Å². The Balaban J connectivity index is 1.98. The average Bonchev–Trinajstić information content (AvgIpc) is 3.11. The first-order chi connectivity index (χ1) is 8.58. The number of rotatable bonds is 5. The molecule has 1 saturated carbocycles. The summed E-state index contributed by atoms with van der Waals surface area (Å²) in [7, 11) is 1.49. The smallest absolute Gasteiger partial charge is 0.242 e. The number of nitrogens with two attached hydrogens (primary N) is 1. The highest BCUT2D eigenvalue weighted by Gasteiger charge is 2.25. The van der Waals surface area contributed by atoms with Crippen LogP contribution in [0.15, 0.2) is 6.07 Å². The summed E-state index contributed by atoms with van der Waals surface area (Å²) in [5.74, 6) is 0.887. The van der Waals surface area contributed by atoms with Crippen LogP contribution in [0.5, 0.6) is 5.88 Å². The summed E-state index contributed by atoms with van der Waals surface area (Å²) in [4.78, 5) is 19.6. The second-order valence-corrected chi connectivity index (χ2v) is 4.30. The zero-order valence-corrected chi connectivity index (χ0v) is 10.4. The van der Waals surface area contributed by atoms with E-state index in [1.165, 1.54) is 7.11 Å². The molecule has 98 valence electrons. The van der Waals surface area contributed by atoms with Crippen molar-refractivity contribution in [1.82, 2.24) is 15.3 Å². The lowest BCUT2D eigenvalue weighted by atomic mass is 10.3. The van der Waals surface area contributed by atoms with Crippen LogP contribution in [0, 0.1) is 0 Å². The number of nitrogen functional groups attached to an aromatic ring is 1. The second kappa shape index (κ2) is 5.07. The average molecular weight is 251 g/mol. The second-order valence-electron chi connectivity index (χ2n) is 4.30. The summed E-state index contributed by atoms with van der Waals surface area (Å²) < 4.78 is 4.98. The molecule has 0 radical (unpaired) electrons. The van der Waals surface area contributed by atoms with E-state index in [1.807, 2.05) is 0 Å². The van der Waals surface area contributed by atoms with Crippen molar-refractivity contribution in [2.45, 2.75) is 31.8 Å². The van der Waals surface area contributed by atoms with E-state index in [4.69, 9.17) is 10.5 Å². The van der Waals surface area contributed by atoms with Gasteiger partial charge in [0.15, 0.2) is 0 Å². The first kappa shape index (κ1) is 12.4. The predicted octanol–water partition coefficient (Wildman–Crippen LogP) is 0.146. The van der Waals surface area contributed by atoms with Crippen molar-refractivity contribution in [1.29, 1.82) is 0 Å². The van der Waals surface area contributed by atoms with E-state index in [0.717, 1.165) is 12.8 Å². The lowest BCUT2D eigenvalue weighted by molar-refractivity contribution is -0.121. The summed E-state index contributed by atoms with van der Waals surface area (Å²) in [6.45, 7) is 1.77. The van der Waals surface area contributed by atoms with Gasteiger partial charge in [0.05, 0.1) is 7.11 Å². The molecule has 4 N–H and O–H groups in total. The first-order valence-corrected chi connectivity index (χ1v) is 5.84. The molecule has 7 heteroatoms. The molecule has 0 saturated heterocycles. The lowest BCUT2D eigenvalue weighted by Gasteiger charge is -2.14. The van der Waals surface area contributed by atoms with Crippen LogP contribution in [-0.2, 0) is 4.79 Å². The predicted molar refractivity (Wildman–Crippen MR) is 67.2 cm³/mol. The minimum absolute atomic E-state index is 0.0475. The van der Waals surface area contributed by atoms with E-state index in [2.05, 4.69) is 20.6 Å². The maximum Gasteiger partial charge on any atom is 0.242 e. The Hall–Kier alpha value is -2.05. The number of methoxy groups -OCH3 is 1. The largest absolute Gasteiger partial charge is 0.481 e. The van der Waals surface area contributed by atoms with Crippen LogP contribution in [0.4, 0.5) is 11.8 Å². The fourth-order valence-corrected chi connectivity index (χ4v) is 1.46. The molecule has 1 heterocycles. The molecule has 1 fully saturated rings. The molecule has 1 unspecified atom stereocenters. The van der Waals surface area contributed by atoms with Gasteiger partial charge in [-0.25, -0.2) is 0 Å². The van der Waals surface area contributed by atoms with Crippen LogP contribution < -0.4 is 21.1 Å². The van der Waals surface area contributed by atoms with Gasteiger partial charge in [0.25, 0.3) is 0 Å². The van der Waals surface area contributed by atoms with Crippen molar-refractivity contribution in [2.75, 3.05) is 18.2 Å². The van der Waals surface area contributed by atoms with E-state index >= 15 is 0 Å². The maximum absolute atomic E-state index is 11.8. The van der Waals surface area contributed by atoms with E-state index in [0.29, 0.717) is 17.7 Å². The third-order valence-corrected chi connectivity index (χ3v) is 2.61. The number of amides is 1. The highest BCUT2D eigenvalue weighted by molar-refractivity contribution is 5.84. The zero-order valence-electron chi connectivity index (χ0n) is 10.4. The third-order valence-electron chi connectivity index (χ3n) is 2.61. The van der Waals surface area contributed by atoms with Gasteiger partial charge >= 0.3 is 0 Å². The molecular formula is C11H17N5O2. The van der Waals surface area contributed by atoms with Crippen LogP contribution >= 0.6 is 0 Å². The normalized spacial score (nSPS) is 15.9. The number of ether oxygens (including phenoxy) is 1. The van der Waals surface area contributed by atoms with Crippen molar-refractivity contribution < 1.29 is 9.53 Å². The van der Waals surface area contributed by atoms with Crippen molar-refractivity contribution >= 4 is 17.7 Å². The molecule has 0 spiro atoms. The number of carbonyl (C=O) groups is 1. The van der Waals surface area contributed by atoms with Crippen LogP contribution in [0.2, 0.25) is 0 Å². The molecule has 0 bridgehead atoms. The molecule has 1 aromatic rings. The van der Waals surface area contributed by atoms with Gasteiger partial charge in [0, 0.05) is 12.1 Å². The highest BCUT2D eigenvalue weighted by atomic mass is 16.5. The molecule has 2 rings (SSSR count). The summed E-state index contributed by atoms with van der Waals surface area (Å²) in [5, 5.41) is 5.88. The number of hydrogen-bond donors (Lipinski definition) is 3. The van der Waals surface area contributed by atoms with Crippen molar-refractivity contribution in [3.8, 4) is 5.88 Å². The molecule has 1 aliphatic carbocycles. The van der Waals surface area contributed by atoms with E-state index in [9.17, 15) is 4.79 Å². The van der Waals surface area contributed by atoms with Gasteiger partial charge in [-0.05, 0) is 19.8 Å². The Morgan fingerprint density at radius 3 is 2.89 bits per heavy atom. The summed E-state index contributed by atoms with van der Waals surface area (Å²) >= 11 is 0. The quantitative estimate of drug-likeness (QED) is 0.688. The Labute approximate surface area is 105 Å². The van der Waals surface area contributed by atoms with Gasteiger partial charge in [-0.2, -0.15) is 9.97 Å². The van der Waals surface area contributed by atoms with Gasteiger partial charge in [-0.1, -0.05) is 0 Å². The van der Waals surface area contributed by atoms with Crippen LogP contribution in [0.1, 0.15) is 19.8 Å². The molecule has 18 heavy (non-hydrogen) atoms. The molecule has 7 nitrogen and oxygen atoms in total. The number of hydrogen-bond acceptors (Lipinski definition) is 6. The minimum atomic E-state index is -0.385. The summed E-state index contributed by atoms with van der Waals surface area (Å²) in [5.41, 5.74) is 5.53. The number of anilines is 2. The summed E-state index contributed by atoms with van der Waals surface area (Å²) in [6, 6.07) is 1.55. The third kappa shape index (κ3) is 3.22. The SMILES string of the molecule is COc1cc(NC(C)C(=O)NC2CC2)nc(N)n1. The van der Waals surface area contributed by atoms with Gasteiger partial charge in [-0.3, -0.25) is 4.79 Å². The molecule has 1 aromatic heterocycles. The van der Waals surface area contributed by atoms with Crippen molar-refractivity contribution in [3.05, 3.63) is 6.07 Å². The molecule has 1 amide bonds. The summed E-state index contributed by atoms with van der Waals surface area (Å²) in [6.07, 6.45) is 2.12. The first-order valence-electron chi connectivity index (χ1n) is 5.84. The zero-order chi connectivity index (χ0) is 13.1. The molecule has 0 aliphatic heterocycles. The van der Waals surface area contributed by atoms with Gasteiger partial charge < -0.3 is 21.1 Å². The van der Waals surface area contributed by atoms with E-state index < -0.39 is 0 Å². The van der Waals surface area contributed by atoms with E-state index in [1.54, 1.807) is 13.0 Å².